The molecule has 0 aliphatic carbocycles. The van der Waals surface area contributed by atoms with Crippen LogP contribution < -0.4 is 9.64 Å². The lowest BCUT2D eigenvalue weighted by Gasteiger charge is -2.46. The lowest BCUT2D eigenvalue weighted by Crippen LogP contribution is -2.49. The maximum absolute atomic E-state index is 5.85. The summed E-state index contributed by atoms with van der Waals surface area (Å²) in [6.45, 7) is 11.3. The number of ether oxygens (including phenoxy) is 1. The van der Waals surface area contributed by atoms with Crippen molar-refractivity contribution >= 4 is 23.2 Å². The van der Waals surface area contributed by atoms with Gasteiger partial charge in [-0.2, -0.15) is 0 Å². The Hall–Kier alpha value is -3.33. The summed E-state index contributed by atoms with van der Waals surface area (Å²) >= 11 is 0. The molecule has 3 aromatic rings. The molecule has 4 rings (SSSR count). The molecule has 1 aliphatic rings. The van der Waals surface area contributed by atoms with E-state index >= 15 is 0 Å². The first-order valence-corrected chi connectivity index (χ1v) is 10.8. The summed E-state index contributed by atoms with van der Waals surface area (Å²) in [5.74, 6) is 1.63. The number of benzene rings is 3. The molecule has 0 amide bonds. The minimum Gasteiger partial charge on any atom is -0.457 e. The van der Waals surface area contributed by atoms with Gasteiger partial charge >= 0.3 is 0 Å². The Balaban J connectivity index is 1.53. The van der Waals surface area contributed by atoms with E-state index in [9.17, 15) is 0 Å². The van der Waals surface area contributed by atoms with Gasteiger partial charge in [-0.1, -0.05) is 30.3 Å². The van der Waals surface area contributed by atoms with Crippen molar-refractivity contribution in [2.75, 3.05) is 4.90 Å². The molecule has 3 heteroatoms. The fraction of sp³-hybridized carbons (Fsp3) is 0.250. The number of hydrogen-bond donors (Lipinski definition) is 0. The van der Waals surface area contributed by atoms with E-state index in [1.165, 1.54) is 16.8 Å². The predicted octanol–water partition coefficient (Wildman–Crippen LogP) is 7.64. The fourth-order valence-corrected chi connectivity index (χ4v) is 4.47. The molecule has 0 spiro atoms. The molecular formula is C28H30N2O. The van der Waals surface area contributed by atoms with Crippen molar-refractivity contribution in [2.24, 2.45) is 4.99 Å². The van der Waals surface area contributed by atoms with Crippen LogP contribution in [-0.2, 0) is 0 Å². The van der Waals surface area contributed by atoms with E-state index in [2.05, 4.69) is 68.8 Å². The third kappa shape index (κ3) is 4.56. The third-order valence-electron chi connectivity index (χ3n) is 5.59. The van der Waals surface area contributed by atoms with Gasteiger partial charge in [0.25, 0.3) is 0 Å². The fourth-order valence-electron chi connectivity index (χ4n) is 4.47. The highest BCUT2D eigenvalue weighted by molar-refractivity contribution is 5.88. The van der Waals surface area contributed by atoms with Crippen LogP contribution in [0.15, 0.2) is 83.9 Å². The van der Waals surface area contributed by atoms with Gasteiger partial charge in [0.15, 0.2) is 0 Å². The van der Waals surface area contributed by atoms with E-state index in [-0.39, 0.29) is 5.54 Å². The van der Waals surface area contributed by atoms with Gasteiger partial charge in [0, 0.05) is 23.5 Å². The minimum atomic E-state index is 0.00439. The normalized spacial score (nSPS) is 15.2. The molecule has 0 fully saturated rings. The van der Waals surface area contributed by atoms with Gasteiger partial charge in [-0.3, -0.25) is 4.99 Å². The Morgan fingerprint density at radius 1 is 0.903 bits per heavy atom. The van der Waals surface area contributed by atoms with Gasteiger partial charge in [0.2, 0.25) is 0 Å². The smallest absolute Gasteiger partial charge is 0.127 e. The minimum absolute atomic E-state index is 0.00439. The van der Waals surface area contributed by atoms with Crippen LogP contribution in [0.25, 0.3) is 5.57 Å². The second-order valence-electron chi connectivity index (χ2n) is 8.89. The predicted molar refractivity (Wildman–Crippen MR) is 132 cm³/mol. The molecule has 1 aliphatic heterocycles. The van der Waals surface area contributed by atoms with Crippen LogP contribution in [0.5, 0.6) is 11.5 Å². The molecular weight excluding hydrogens is 380 g/mol. The molecule has 0 atom stereocenters. The molecule has 0 aromatic heterocycles. The van der Waals surface area contributed by atoms with E-state index in [0.717, 1.165) is 22.7 Å². The number of anilines is 1. The molecule has 0 N–H and O–H groups in total. The van der Waals surface area contributed by atoms with Crippen LogP contribution in [-0.4, -0.2) is 17.8 Å². The Morgan fingerprint density at radius 3 is 2.26 bits per heavy atom. The van der Waals surface area contributed by atoms with Crippen molar-refractivity contribution in [1.29, 1.82) is 0 Å². The summed E-state index contributed by atoms with van der Waals surface area (Å²) in [7, 11) is 0. The summed E-state index contributed by atoms with van der Waals surface area (Å²) in [4.78, 5) is 7.16. The van der Waals surface area contributed by atoms with E-state index in [4.69, 9.17) is 4.74 Å². The standard InChI is InChI=1S/C28H30N2O/c1-20(2)30-27-16-11-22(17-26(27)21(3)18-28(30,4)5)19-29-23-12-14-25(15-13-23)31-24-9-7-6-8-10-24/h6-20H,1-5H3. The molecule has 0 unspecified atom stereocenters. The molecule has 158 valence electrons. The van der Waals surface area contributed by atoms with E-state index in [0.29, 0.717) is 6.04 Å². The van der Waals surface area contributed by atoms with Crippen LogP contribution in [0, 0.1) is 0 Å². The molecule has 0 bridgehead atoms. The van der Waals surface area contributed by atoms with Crippen molar-refractivity contribution < 1.29 is 4.74 Å². The van der Waals surface area contributed by atoms with Crippen LogP contribution in [0.2, 0.25) is 0 Å². The van der Waals surface area contributed by atoms with E-state index in [1.807, 2.05) is 60.8 Å². The summed E-state index contributed by atoms with van der Waals surface area (Å²) in [5, 5.41) is 0. The SMILES string of the molecule is CC1=CC(C)(C)N(C(C)C)c2ccc(C=Nc3ccc(Oc4ccccc4)cc3)cc21. The quantitative estimate of drug-likeness (QED) is 0.404. The number of fused-ring (bicyclic) bond motifs is 1. The average molecular weight is 411 g/mol. The van der Waals surface area contributed by atoms with Gasteiger partial charge in [-0.15, -0.1) is 0 Å². The number of aliphatic imine (C=N–C) groups is 1. The number of nitrogens with zero attached hydrogens (tertiary/aromatic N) is 2. The maximum Gasteiger partial charge on any atom is 0.127 e. The average Bonchev–Trinajstić information content (AvgIpc) is 2.73. The Bertz CT molecular complexity index is 1110. The summed E-state index contributed by atoms with van der Waals surface area (Å²) in [6, 6.07) is 24.7. The summed E-state index contributed by atoms with van der Waals surface area (Å²) in [5.41, 5.74) is 5.89. The summed E-state index contributed by atoms with van der Waals surface area (Å²) in [6.07, 6.45) is 4.29. The second kappa shape index (κ2) is 8.43. The van der Waals surface area contributed by atoms with Crippen LogP contribution >= 0.6 is 0 Å². The number of hydrogen-bond acceptors (Lipinski definition) is 3. The molecule has 0 saturated carbocycles. The number of rotatable bonds is 5. The maximum atomic E-state index is 5.85. The van der Waals surface area contributed by atoms with Gasteiger partial charge in [0.05, 0.1) is 11.2 Å². The first-order chi connectivity index (χ1) is 14.8. The van der Waals surface area contributed by atoms with E-state index in [1.54, 1.807) is 0 Å². The molecule has 31 heavy (non-hydrogen) atoms. The van der Waals surface area contributed by atoms with Crippen LogP contribution in [0.4, 0.5) is 11.4 Å². The Kier molecular flexibility index (Phi) is 5.69. The third-order valence-corrected chi connectivity index (χ3v) is 5.59. The van der Waals surface area contributed by atoms with Gasteiger partial charge in [-0.05, 0) is 94.3 Å². The molecule has 0 saturated heterocycles. The molecule has 3 nitrogen and oxygen atoms in total. The largest absolute Gasteiger partial charge is 0.457 e. The zero-order chi connectivity index (χ0) is 22.0. The zero-order valence-electron chi connectivity index (χ0n) is 19.0. The highest BCUT2D eigenvalue weighted by Crippen LogP contribution is 2.40. The number of allylic oxidation sites excluding steroid dienone is 1. The lowest BCUT2D eigenvalue weighted by atomic mass is 9.87. The first-order valence-electron chi connectivity index (χ1n) is 10.8. The van der Waals surface area contributed by atoms with Crippen molar-refractivity contribution in [2.45, 2.75) is 46.2 Å². The van der Waals surface area contributed by atoms with Crippen molar-refractivity contribution in [1.82, 2.24) is 0 Å². The Morgan fingerprint density at radius 2 is 1.58 bits per heavy atom. The van der Waals surface area contributed by atoms with Crippen molar-refractivity contribution in [3.05, 3.63) is 90.0 Å². The van der Waals surface area contributed by atoms with Gasteiger partial charge in [0.1, 0.15) is 11.5 Å². The topological polar surface area (TPSA) is 24.8 Å². The summed E-state index contributed by atoms with van der Waals surface area (Å²) < 4.78 is 5.85. The van der Waals surface area contributed by atoms with Crippen LogP contribution in [0.1, 0.15) is 45.7 Å². The lowest BCUT2D eigenvalue weighted by molar-refractivity contribution is 0.483. The zero-order valence-corrected chi connectivity index (χ0v) is 19.0. The number of para-hydroxylation sites is 1. The molecule has 0 radical (unpaired) electrons. The highest BCUT2D eigenvalue weighted by Gasteiger charge is 2.32. The van der Waals surface area contributed by atoms with Gasteiger partial charge < -0.3 is 9.64 Å². The van der Waals surface area contributed by atoms with E-state index < -0.39 is 0 Å². The van der Waals surface area contributed by atoms with Crippen LogP contribution in [0.3, 0.4) is 0 Å². The van der Waals surface area contributed by atoms with Crippen molar-refractivity contribution in [3.63, 3.8) is 0 Å². The molecule has 1 heterocycles. The molecule has 3 aromatic carbocycles. The highest BCUT2D eigenvalue weighted by atomic mass is 16.5. The first kappa shape index (κ1) is 20.9. The van der Waals surface area contributed by atoms with Gasteiger partial charge in [-0.25, -0.2) is 0 Å². The monoisotopic (exact) mass is 410 g/mol. The Labute approximate surface area is 185 Å². The van der Waals surface area contributed by atoms with Crippen molar-refractivity contribution in [3.8, 4) is 11.5 Å². The second-order valence-corrected chi connectivity index (χ2v) is 8.89.